The van der Waals surface area contributed by atoms with Gasteiger partial charge in [-0.2, -0.15) is 0 Å². The van der Waals surface area contributed by atoms with Crippen molar-refractivity contribution in [3.05, 3.63) is 24.3 Å². The summed E-state index contributed by atoms with van der Waals surface area (Å²) in [6, 6.07) is 8.23. The van der Waals surface area contributed by atoms with Crippen LogP contribution in [0.2, 0.25) is 0 Å². The van der Waals surface area contributed by atoms with Crippen LogP contribution in [0.1, 0.15) is 32.1 Å². The van der Waals surface area contributed by atoms with Gasteiger partial charge in [0.1, 0.15) is 5.60 Å². The van der Waals surface area contributed by atoms with E-state index in [1.807, 2.05) is 17.3 Å². The number of anilines is 1. The van der Waals surface area contributed by atoms with Crippen LogP contribution in [0.4, 0.5) is 5.13 Å². The minimum absolute atomic E-state index is 0.00481. The van der Waals surface area contributed by atoms with E-state index in [-0.39, 0.29) is 5.60 Å². The lowest BCUT2D eigenvalue weighted by atomic mass is 9.62. The summed E-state index contributed by atoms with van der Waals surface area (Å²) in [5, 5.41) is 2.88. The molecule has 2 aromatic rings. The Balaban J connectivity index is 1.33. The highest BCUT2D eigenvalue weighted by molar-refractivity contribution is 7.22. The van der Waals surface area contributed by atoms with Crippen molar-refractivity contribution >= 4 is 26.7 Å². The summed E-state index contributed by atoms with van der Waals surface area (Å²) in [7, 11) is 0. The number of fused-ring (bicyclic) bond motifs is 3. The highest BCUT2D eigenvalue weighted by Crippen LogP contribution is 2.50. The van der Waals surface area contributed by atoms with Gasteiger partial charge in [0, 0.05) is 0 Å². The molecule has 0 radical (unpaired) electrons. The fourth-order valence-electron chi connectivity index (χ4n) is 4.44. The first-order valence-corrected chi connectivity index (χ1v) is 8.96. The van der Waals surface area contributed by atoms with E-state index in [0.29, 0.717) is 5.92 Å². The molecule has 1 aliphatic heterocycles. The molecule has 6 rings (SSSR count). The molecule has 116 valence electrons. The van der Waals surface area contributed by atoms with Gasteiger partial charge in [-0.05, 0) is 56.1 Å². The van der Waals surface area contributed by atoms with E-state index in [1.165, 1.54) is 36.8 Å². The Kier molecular flexibility index (Phi) is 2.95. The molecule has 0 unspecified atom stereocenters. The fraction of sp³-hybridized carbons (Fsp3) is 0.562. The summed E-state index contributed by atoms with van der Waals surface area (Å²) in [5.74, 6) is 1.56. The lowest BCUT2D eigenvalue weighted by Crippen LogP contribution is -2.50. The second-order valence-electron chi connectivity index (χ2n) is 6.86. The third-order valence-corrected chi connectivity index (χ3v) is 6.48. The van der Waals surface area contributed by atoms with E-state index in [4.69, 9.17) is 4.84 Å². The zero-order valence-electron chi connectivity index (χ0n) is 12.4. The quantitative estimate of drug-likeness (QED) is 0.890. The number of nitrogens with one attached hydrogen (secondary N) is 2. The molecule has 5 nitrogen and oxygen atoms in total. The van der Waals surface area contributed by atoms with Crippen LogP contribution < -0.4 is 11.0 Å². The number of benzene rings is 1. The summed E-state index contributed by atoms with van der Waals surface area (Å²) >= 11 is 1.68. The van der Waals surface area contributed by atoms with Crippen LogP contribution >= 0.6 is 11.3 Å². The molecule has 3 aliphatic carbocycles. The Bertz CT molecular complexity index is 663. The van der Waals surface area contributed by atoms with Gasteiger partial charge in [-0.1, -0.05) is 23.5 Å². The lowest BCUT2D eigenvalue weighted by molar-refractivity contribution is -0.146. The van der Waals surface area contributed by atoms with Crippen LogP contribution in [-0.2, 0) is 4.84 Å². The molecule has 4 aliphatic rings. The number of hydrazine groups is 2. The zero-order valence-corrected chi connectivity index (χ0v) is 13.2. The number of hydrogen-bond acceptors (Lipinski definition) is 6. The van der Waals surface area contributed by atoms with E-state index < -0.39 is 0 Å². The van der Waals surface area contributed by atoms with Gasteiger partial charge in [0.05, 0.1) is 16.8 Å². The highest BCUT2D eigenvalue weighted by Gasteiger charge is 2.53. The molecular weight excluding hydrogens is 296 g/mol. The van der Waals surface area contributed by atoms with Crippen LogP contribution in [0.3, 0.4) is 0 Å². The number of hydrogen-bond donors (Lipinski definition) is 2. The molecule has 1 aromatic heterocycles. The first-order chi connectivity index (χ1) is 10.8. The van der Waals surface area contributed by atoms with Crippen molar-refractivity contribution in [2.45, 2.75) is 37.7 Å². The highest BCUT2D eigenvalue weighted by atomic mass is 32.1. The number of rotatable bonds is 2. The third kappa shape index (κ3) is 2.06. The molecule has 1 saturated heterocycles. The predicted molar refractivity (Wildman–Crippen MR) is 87.0 cm³/mol. The fourth-order valence-corrected chi connectivity index (χ4v) is 5.32. The summed E-state index contributed by atoms with van der Waals surface area (Å²) in [6.45, 7) is 0.893. The van der Waals surface area contributed by atoms with Crippen molar-refractivity contribution in [3.63, 3.8) is 0 Å². The van der Waals surface area contributed by atoms with Gasteiger partial charge in [0.2, 0.25) is 0 Å². The third-order valence-electron chi connectivity index (χ3n) is 5.53. The normalized spacial score (nSPS) is 34.7. The lowest BCUT2D eigenvalue weighted by Gasteiger charge is -2.47. The first-order valence-electron chi connectivity index (χ1n) is 8.14. The average Bonchev–Trinajstić information content (AvgIpc) is 3.12. The van der Waals surface area contributed by atoms with Crippen molar-refractivity contribution in [1.82, 2.24) is 15.7 Å². The summed E-state index contributed by atoms with van der Waals surface area (Å²) in [4.78, 5) is 10.7. The molecule has 2 bridgehead atoms. The van der Waals surface area contributed by atoms with Gasteiger partial charge in [0.15, 0.2) is 5.13 Å². The van der Waals surface area contributed by atoms with Gasteiger partial charge in [0.25, 0.3) is 0 Å². The van der Waals surface area contributed by atoms with Crippen LogP contribution in [0, 0.1) is 11.8 Å². The van der Waals surface area contributed by atoms with Gasteiger partial charge in [-0.3, -0.25) is 10.3 Å². The monoisotopic (exact) mass is 316 g/mol. The molecule has 1 aromatic carbocycles. The molecule has 2 N–H and O–H groups in total. The largest absolute Gasteiger partial charge is 0.279 e. The second kappa shape index (κ2) is 4.89. The van der Waals surface area contributed by atoms with Crippen molar-refractivity contribution in [2.24, 2.45) is 11.8 Å². The number of nitrogens with zero attached hydrogens (tertiary/aromatic N) is 2. The Morgan fingerprint density at radius 3 is 2.91 bits per heavy atom. The zero-order chi connectivity index (χ0) is 14.6. The topological polar surface area (TPSA) is 49.4 Å². The summed E-state index contributed by atoms with van der Waals surface area (Å²) in [6.07, 6.45) is 6.62. The van der Waals surface area contributed by atoms with E-state index in [2.05, 4.69) is 28.1 Å². The molecule has 1 spiro atoms. The molecule has 3 saturated carbocycles. The van der Waals surface area contributed by atoms with Crippen LogP contribution in [-0.4, -0.2) is 22.2 Å². The minimum atomic E-state index is 0.00481. The maximum Gasteiger partial charge on any atom is 0.199 e. The van der Waals surface area contributed by atoms with Crippen molar-refractivity contribution in [2.75, 3.05) is 12.0 Å². The number of thiazole rings is 1. The maximum absolute atomic E-state index is 6.06. The molecule has 4 fully saturated rings. The molecule has 2 heterocycles. The standard InChI is InChI=1S/C16H20N4OS/c1-2-4-14-13(3-1)17-15(22-14)18-20-10-16(21-19-20)9-11-5-7-12(16)8-6-11/h1-4,11-12,19H,5-10H2,(H,17,18)/t11?,12?,16-/m0/s1. The Hall–Kier alpha value is -1.21. The van der Waals surface area contributed by atoms with E-state index >= 15 is 0 Å². The van der Waals surface area contributed by atoms with Crippen LogP contribution in [0.25, 0.3) is 10.2 Å². The van der Waals surface area contributed by atoms with Crippen molar-refractivity contribution in [1.29, 1.82) is 0 Å². The smallest absolute Gasteiger partial charge is 0.199 e. The second-order valence-corrected chi connectivity index (χ2v) is 7.90. The van der Waals surface area contributed by atoms with Crippen molar-refractivity contribution in [3.8, 4) is 0 Å². The minimum Gasteiger partial charge on any atom is -0.279 e. The average molecular weight is 316 g/mol. The Morgan fingerprint density at radius 1 is 1.27 bits per heavy atom. The van der Waals surface area contributed by atoms with E-state index in [1.54, 1.807) is 11.3 Å². The SMILES string of the molecule is c1ccc2sc(NN3C[C@]4(CC5CCC4CC5)ON3)nc2c1. The van der Waals surface area contributed by atoms with E-state index in [9.17, 15) is 0 Å². The number of para-hydroxylation sites is 1. The van der Waals surface area contributed by atoms with E-state index in [0.717, 1.165) is 23.1 Å². The van der Waals surface area contributed by atoms with Crippen LogP contribution in [0.15, 0.2) is 24.3 Å². The molecule has 6 heteroatoms. The first kappa shape index (κ1) is 13.2. The van der Waals surface area contributed by atoms with Crippen molar-refractivity contribution < 1.29 is 4.84 Å². The van der Waals surface area contributed by atoms with Gasteiger partial charge in [-0.15, -0.1) is 10.7 Å². The van der Waals surface area contributed by atoms with Crippen LogP contribution in [0.5, 0.6) is 0 Å². The Labute approximate surface area is 133 Å². The summed E-state index contributed by atoms with van der Waals surface area (Å²) < 4.78 is 1.21. The maximum atomic E-state index is 6.06. The molecule has 1 atom stereocenters. The predicted octanol–water partition coefficient (Wildman–Crippen LogP) is 3.32. The molecule has 0 amide bonds. The molecule has 22 heavy (non-hydrogen) atoms. The van der Waals surface area contributed by atoms with Gasteiger partial charge >= 0.3 is 0 Å². The van der Waals surface area contributed by atoms with Gasteiger partial charge in [-0.25, -0.2) is 4.98 Å². The number of aromatic nitrogens is 1. The van der Waals surface area contributed by atoms with Gasteiger partial charge < -0.3 is 0 Å². The molecular formula is C16H20N4OS. The Morgan fingerprint density at radius 2 is 2.14 bits per heavy atom. The summed E-state index contributed by atoms with van der Waals surface area (Å²) in [5.41, 5.74) is 7.50.